The molecule has 0 bridgehead atoms. The van der Waals surface area contributed by atoms with Crippen LogP contribution in [0, 0.1) is 17.5 Å². The third kappa shape index (κ3) is 21.7. The fourth-order valence-electron chi connectivity index (χ4n) is 16.3. The first-order chi connectivity index (χ1) is 62.6. The standard InChI is InChI=1S/C20H25N3O4.C19H19ClF3N3O2.C18H19Cl2N3O2.C18H19ClFN3O2.C18H19F2N3O2/c1-5-8-14-17(20(24)27-6-2)16(13-11-21-23-19(13)22-14)12-9-7-10-15(25-3)18(12)26-4;1-3-6-13-15(18(27)28-4-2)14(11-9-24-26-17(11)25-13)10-7-5-8-12(16(10)20)19(21,22)23;1-3-5-14-16(18(24)25-4-2)15(12-9-21-23-17(12)22-14)11-8-10(19)6-7-13(11)20;1-3-5-14-16(18(24)25-4-2)15(12-9-21-23-17(12)22-14)11-7-6-10(20)8-13(11)19;1-3-5-14-16(18(24)25-4-2)15(12-9-21-23-17(12)22-14)11-8-10(19)6-7-13(11)20/h7,9-11,16H,5-6,8H2,1-4H3,(H2,21,22,23);5,7-9,14H,3-4,6H2,1-2H3,(H2,24,25,26);3*6-9,15H,3-5H2,1-2H3,(H2,21,22,23). The summed E-state index contributed by atoms with van der Waals surface area (Å²) in [5.74, 6) is -2.10. The molecule has 0 saturated carbocycles. The zero-order valence-corrected chi connectivity index (χ0v) is 76.5. The van der Waals surface area contributed by atoms with Crippen LogP contribution in [0.25, 0.3) is 0 Å². The summed E-state index contributed by atoms with van der Waals surface area (Å²) in [5.41, 5.74) is 10.9. The quantitative estimate of drug-likeness (QED) is 0.0130. The molecule has 0 radical (unpaired) electrons. The number of halogens is 10. The lowest BCUT2D eigenvalue weighted by atomic mass is 9.81. The molecule has 5 unspecified atom stereocenters. The molecule has 5 aliphatic heterocycles. The van der Waals surface area contributed by atoms with E-state index in [9.17, 15) is 50.3 Å². The summed E-state index contributed by atoms with van der Waals surface area (Å²) in [5, 5.41) is 51.8. The van der Waals surface area contributed by atoms with Crippen molar-refractivity contribution in [1.29, 1.82) is 0 Å². The maximum Gasteiger partial charge on any atom is 0.417 e. The number of para-hydroxylation sites is 1. The Kier molecular flexibility index (Phi) is 34.1. The number of H-pyrrole nitrogens is 5. The molecule has 0 fully saturated rings. The SMILES string of the molecule is CCCC1=C(C(=O)OCC)C(c2cc(Cl)ccc2Cl)c2cn[nH]c2N1.CCCC1=C(C(=O)OCC)C(c2cc(F)ccc2F)c2cn[nH]c2N1.CCCC1=C(C(=O)OCC)C(c2ccc(F)cc2Cl)c2cn[nH]c2N1.CCCC1=C(C(=O)OCC)C(c2cccc(C(F)(F)F)c2Cl)c2cn[nH]c2N1.CCCC1=C(C(=O)OCC)C(c2cccc(OC)c2OC)c2cn[nH]c2N1. The van der Waals surface area contributed by atoms with Crippen LogP contribution < -0.4 is 36.1 Å². The Bertz CT molecular complexity index is 5780. The number of alkyl halides is 3. The number of benzene rings is 5. The Morgan fingerprint density at radius 2 is 0.685 bits per heavy atom. The first kappa shape index (κ1) is 98.1. The predicted octanol–water partition coefficient (Wildman–Crippen LogP) is 22.0. The summed E-state index contributed by atoms with van der Waals surface area (Å²) in [4.78, 5) is 63.8. The molecule has 10 N–H and O–H groups in total. The molecule has 15 rings (SSSR count). The normalized spacial score (nSPS) is 16.3. The molecule has 0 amide bonds. The van der Waals surface area contributed by atoms with Crippen molar-refractivity contribution in [3.63, 3.8) is 0 Å². The van der Waals surface area contributed by atoms with Crippen molar-refractivity contribution in [1.82, 2.24) is 51.0 Å². The van der Waals surface area contributed by atoms with Gasteiger partial charge in [0.05, 0.1) is 129 Å². The van der Waals surface area contributed by atoms with E-state index in [1.54, 1.807) is 91.7 Å². The lowest BCUT2D eigenvalue weighted by Gasteiger charge is -2.29. The van der Waals surface area contributed by atoms with Crippen LogP contribution >= 0.6 is 46.4 Å². The summed E-state index contributed by atoms with van der Waals surface area (Å²) in [6.45, 7) is 20.0. The Balaban J connectivity index is 0.000000157. The number of nitrogens with one attached hydrogen (secondary N) is 10. The predicted molar refractivity (Wildman–Crippen MR) is 483 cm³/mol. The molecule has 27 nitrogen and oxygen atoms in total. The first-order valence-corrected chi connectivity index (χ1v) is 44.1. The van der Waals surface area contributed by atoms with E-state index in [-0.39, 0.29) is 65.3 Å². The topological polar surface area (TPSA) is 354 Å². The molecule has 5 aromatic heterocycles. The van der Waals surface area contributed by atoms with Crippen LogP contribution in [0.2, 0.25) is 20.1 Å². The largest absolute Gasteiger partial charge is 0.493 e. The van der Waals surface area contributed by atoms with Crippen LogP contribution in [-0.4, -0.2) is 128 Å². The number of fused-ring (bicyclic) bond motifs is 5. The van der Waals surface area contributed by atoms with Gasteiger partial charge in [0.1, 0.15) is 46.5 Å². The number of aromatic nitrogens is 10. The van der Waals surface area contributed by atoms with Gasteiger partial charge in [0.15, 0.2) is 11.5 Å². The van der Waals surface area contributed by atoms with Crippen molar-refractivity contribution in [2.45, 2.75) is 169 Å². The van der Waals surface area contributed by atoms with Crippen LogP contribution in [0.4, 0.5) is 55.4 Å². The van der Waals surface area contributed by atoms with Gasteiger partial charge in [-0.3, -0.25) is 25.5 Å². The van der Waals surface area contributed by atoms with Crippen LogP contribution in [-0.2, 0) is 53.8 Å². The summed E-state index contributed by atoms with van der Waals surface area (Å²) < 4.78 is 119. The highest BCUT2D eigenvalue weighted by Gasteiger charge is 2.44. The Hall–Kier alpha value is -12.5. The van der Waals surface area contributed by atoms with E-state index in [1.165, 1.54) is 36.7 Å². The van der Waals surface area contributed by atoms with Crippen LogP contribution in [0.5, 0.6) is 11.5 Å². The van der Waals surface area contributed by atoms with E-state index in [2.05, 4.69) is 91.4 Å². The molecule has 0 spiro atoms. The molecule has 130 heavy (non-hydrogen) atoms. The van der Waals surface area contributed by atoms with Gasteiger partial charge in [-0.15, -0.1) is 0 Å². The number of hydrogen-bond acceptors (Lipinski definition) is 22. The van der Waals surface area contributed by atoms with E-state index in [0.29, 0.717) is 128 Å². The number of allylic oxidation sites excluding steroid dienone is 5. The van der Waals surface area contributed by atoms with Crippen molar-refractivity contribution in [2.24, 2.45) is 0 Å². The minimum atomic E-state index is -4.61. The molecular formula is C93H101Cl4F6N15O12. The summed E-state index contributed by atoms with van der Waals surface area (Å²) in [6.07, 6.45) is 10.7. The Morgan fingerprint density at radius 1 is 0.354 bits per heavy atom. The molecular weight excluding hydrogens is 1770 g/mol. The number of anilines is 5. The first-order valence-electron chi connectivity index (χ1n) is 42.6. The number of rotatable bonds is 27. The van der Waals surface area contributed by atoms with E-state index < -0.39 is 69.9 Å². The zero-order chi connectivity index (χ0) is 93.8. The fraction of sp³-hybridized carbons (Fsp3) is 0.355. The number of esters is 5. The molecule has 0 saturated heterocycles. The lowest BCUT2D eigenvalue weighted by Crippen LogP contribution is -2.25. The van der Waals surface area contributed by atoms with Gasteiger partial charge in [-0.1, -0.05) is 143 Å². The smallest absolute Gasteiger partial charge is 0.417 e. The van der Waals surface area contributed by atoms with E-state index >= 15 is 0 Å². The second-order valence-corrected chi connectivity index (χ2v) is 31.5. The summed E-state index contributed by atoms with van der Waals surface area (Å²) in [7, 11) is 3.19. The highest BCUT2D eigenvalue weighted by atomic mass is 35.5. The number of carbonyl (C=O) groups excluding carboxylic acids is 5. The molecule has 5 aliphatic rings. The fourth-order valence-corrected chi connectivity index (χ4v) is 17.3. The second-order valence-electron chi connectivity index (χ2n) is 29.9. The Labute approximate surface area is 767 Å². The van der Waals surface area contributed by atoms with Gasteiger partial charge in [0, 0.05) is 100 Å². The van der Waals surface area contributed by atoms with Gasteiger partial charge in [0.25, 0.3) is 0 Å². The Morgan fingerprint density at radius 3 is 1.03 bits per heavy atom. The number of ether oxygens (including phenoxy) is 7. The monoisotopic (exact) mass is 1870 g/mol. The lowest BCUT2D eigenvalue weighted by molar-refractivity contribution is -0.139. The molecule has 5 atom stereocenters. The molecule has 10 heterocycles. The van der Waals surface area contributed by atoms with E-state index in [0.717, 1.165) is 119 Å². The average Bonchev–Trinajstić information content (AvgIpc) is 1.37. The van der Waals surface area contributed by atoms with E-state index in [1.807, 2.05) is 39.0 Å². The van der Waals surface area contributed by atoms with Crippen molar-refractivity contribution in [3.05, 3.63) is 277 Å². The van der Waals surface area contributed by atoms with Crippen molar-refractivity contribution < 1.29 is 83.5 Å². The van der Waals surface area contributed by atoms with E-state index in [4.69, 9.17) is 79.6 Å². The second kappa shape index (κ2) is 45.2. The van der Waals surface area contributed by atoms with Crippen LogP contribution in [0.1, 0.15) is 224 Å². The van der Waals surface area contributed by atoms with Gasteiger partial charge in [0.2, 0.25) is 0 Å². The number of nitrogens with zero attached hydrogens (tertiary/aromatic N) is 5. The van der Waals surface area contributed by atoms with Crippen LogP contribution in [0.15, 0.2) is 178 Å². The summed E-state index contributed by atoms with van der Waals surface area (Å²) >= 11 is 25.1. The van der Waals surface area contributed by atoms with Crippen molar-refractivity contribution in [3.8, 4) is 11.5 Å². The van der Waals surface area contributed by atoms with Gasteiger partial charge >= 0.3 is 36.0 Å². The average molecular weight is 1880 g/mol. The van der Waals surface area contributed by atoms with Gasteiger partial charge in [-0.2, -0.15) is 38.7 Å². The summed E-state index contributed by atoms with van der Waals surface area (Å²) in [6, 6.07) is 22.0. The number of methoxy groups -OCH3 is 2. The number of carbonyl (C=O) groups is 5. The molecule has 5 aromatic carbocycles. The minimum absolute atomic E-state index is 0.0841. The van der Waals surface area contributed by atoms with Crippen LogP contribution in [0.3, 0.4) is 0 Å². The third-order valence-electron chi connectivity index (χ3n) is 21.5. The highest BCUT2D eigenvalue weighted by molar-refractivity contribution is 6.34. The molecule has 10 aromatic rings. The zero-order valence-electron chi connectivity index (χ0n) is 73.5. The maximum atomic E-state index is 14.5. The van der Waals surface area contributed by atoms with Crippen molar-refractivity contribution in [2.75, 3.05) is 73.8 Å². The molecule has 37 heteroatoms. The number of hydrogen-bond donors (Lipinski definition) is 10. The third-order valence-corrected chi connectivity index (χ3v) is 22.9. The van der Waals surface area contributed by atoms with Gasteiger partial charge < -0.3 is 59.7 Å². The molecule has 690 valence electrons. The van der Waals surface area contributed by atoms with Gasteiger partial charge in [-0.05, 0) is 144 Å². The number of aromatic amines is 5. The highest BCUT2D eigenvalue weighted by Crippen LogP contribution is 2.53. The van der Waals surface area contributed by atoms with Crippen molar-refractivity contribution >= 4 is 105 Å². The van der Waals surface area contributed by atoms with Gasteiger partial charge in [-0.25, -0.2) is 37.1 Å². The maximum absolute atomic E-state index is 14.5. The minimum Gasteiger partial charge on any atom is -0.493 e. The molecule has 0 aliphatic carbocycles.